The fraction of sp³-hybridized carbons (Fsp3) is 0.750. The Labute approximate surface area is 89.3 Å². The van der Waals surface area contributed by atoms with Gasteiger partial charge in [0.1, 0.15) is 12.4 Å². The number of amides is 1. The van der Waals surface area contributed by atoms with Gasteiger partial charge in [0.2, 0.25) is 0 Å². The van der Waals surface area contributed by atoms with Crippen molar-refractivity contribution in [1.29, 1.82) is 0 Å². The van der Waals surface area contributed by atoms with Crippen molar-refractivity contribution < 1.29 is 33.0 Å². The molecular weight excluding hydrogens is 231 g/mol. The quantitative estimate of drug-likeness (QED) is 0.561. The van der Waals surface area contributed by atoms with Gasteiger partial charge in [-0.1, -0.05) is 0 Å². The van der Waals surface area contributed by atoms with Crippen LogP contribution in [0.15, 0.2) is 0 Å². The van der Waals surface area contributed by atoms with Gasteiger partial charge in [0, 0.05) is 6.42 Å². The van der Waals surface area contributed by atoms with Gasteiger partial charge in [-0.05, 0) is 6.92 Å². The highest BCUT2D eigenvalue weighted by molar-refractivity contribution is 5.82. The van der Waals surface area contributed by atoms with E-state index in [0.717, 1.165) is 6.92 Å². The normalized spacial score (nSPS) is 17.4. The molecule has 0 aromatic carbocycles. The summed E-state index contributed by atoms with van der Waals surface area (Å²) in [7, 11) is 0. The Bertz CT molecular complexity index is 254. The third-order valence-electron chi connectivity index (χ3n) is 1.83. The lowest BCUT2D eigenvalue weighted by Crippen LogP contribution is -2.51. The second-order valence-corrected chi connectivity index (χ2v) is 3.21. The molecule has 5 nitrogen and oxygen atoms in total. The summed E-state index contributed by atoms with van der Waals surface area (Å²) in [6, 6.07) is -1.47. The van der Waals surface area contributed by atoms with Gasteiger partial charge < -0.3 is 20.3 Å². The maximum Gasteiger partial charge on any atom is 0.471 e. The van der Waals surface area contributed by atoms with E-state index in [-0.39, 0.29) is 6.29 Å². The Balaban J connectivity index is 4.57. The lowest BCUT2D eigenvalue weighted by Gasteiger charge is -2.24. The van der Waals surface area contributed by atoms with Crippen LogP contribution in [0.3, 0.4) is 0 Å². The van der Waals surface area contributed by atoms with E-state index in [9.17, 15) is 27.9 Å². The predicted octanol–water partition coefficient (Wildman–Crippen LogP) is -0.636. The van der Waals surface area contributed by atoms with Crippen LogP contribution in [0, 0.1) is 0 Å². The average molecular weight is 243 g/mol. The van der Waals surface area contributed by atoms with Crippen LogP contribution in [0.4, 0.5) is 13.2 Å². The molecule has 94 valence electrons. The SMILES string of the molecule is C[C@H](O)[C@@H](O)[C@H](CC=O)NC(=O)C(F)(F)F. The predicted molar refractivity (Wildman–Crippen MR) is 46.4 cm³/mol. The molecule has 0 rings (SSSR count). The zero-order chi connectivity index (χ0) is 12.9. The molecule has 0 unspecified atom stereocenters. The molecule has 0 aliphatic rings. The largest absolute Gasteiger partial charge is 0.471 e. The third kappa shape index (κ3) is 4.58. The minimum absolute atomic E-state index is 0.243. The Kier molecular flexibility index (Phi) is 5.39. The Morgan fingerprint density at radius 3 is 2.25 bits per heavy atom. The smallest absolute Gasteiger partial charge is 0.391 e. The highest BCUT2D eigenvalue weighted by Crippen LogP contribution is 2.15. The molecular formula is C8H12F3NO4. The maximum absolute atomic E-state index is 11.9. The van der Waals surface area contributed by atoms with Crippen LogP contribution >= 0.6 is 0 Å². The fourth-order valence-electron chi connectivity index (χ4n) is 0.974. The van der Waals surface area contributed by atoms with Crippen LogP contribution in [0.5, 0.6) is 0 Å². The molecule has 8 heteroatoms. The third-order valence-corrected chi connectivity index (χ3v) is 1.83. The molecule has 0 aromatic rings. The van der Waals surface area contributed by atoms with Gasteiger partial charge in [-0.3, -0.25) is 4.79 Å². The van der Waals surface area contributed by atoms with Gasteiger partial charge in [-0.25, -0.2) is 0 Å². The summed E-state index contributed by atoms with van der Waals surface area (Å²) >= 11 is 0. The van der Waals surface area contributed by atoms with Crippen molar-refractivity contribution in [2.75, 3.05) is 0 Å². The minimum Gasteiger partial charge on any atom is -0.391 e. The number of nitrogens with one attached hydrogen (secondary N) is 1. The summed E-state index contributed by atoms with van der Waals surface area (Å²) in [6.45, 7) is 1.13. The number of aliphatic hydroxyl groups is 2. The summed E-state index contributed by atoms with van der Waals surface area (Å²) in [6.07, 6.45) is -8.38. The van der Waals surface area contributed by atoms with Crippen molar-refractivity contribution in [3.63, 3.8) is 0 Å². The van der Waals surface area contributed by atoms with Gasteiger partial charge in [0.05, 0.1) is 12.1 Å². The molecule has 0 saturated carbocycles. The number of carbonyl (C=O) groups excluding carboxylic acids is 2. The Hall–Kier alpha value is -1.15. The van der Waals surface area contributed by atoms with E-state index in [1.807, 2.05) is 0 Å². The van der Waals surface area contributed by atoms with Crippen molar-refractivity contribution in [3.05, 3.63) is 0 Å². The van der Waals surface area contributed by atoms with Gasteiger partial charge in [0.25, 0.3) is 0 Å². The second-order valence-electron chi connectivity index (χ2n) is 3.21. The topological polar surface area (TPSA) is 86.6 Å². The molecule has 0 fully saturated rings. The van der Waals surface area contributed by atoms with Crippen LogP contribution in [0.1, 0.15) is 13.3 Å². The van der Waals surface area contributed by atoms with Crippen molar-refractivity contribution in [2.24, 2.45) is 0 Å². The number of aliphatic hydroxyl groups excluding tert-OH is 2. The summed E-state index contributed by atoms with van der Waals surface area (Å²) < 4.78 is 35.6. The van der Waals surface area contributed by atoms with Crippen molar-refractivity contribution in [3.8, 4) is 0 Å². The van der Waals surface area contributed by atoms with Crippen LogP contribution in [0.25, 0.3) is 0 Å². The van der Waals surface area contributed by atoms with E-state index in [1.54, 1.807) is 0 Å². The number of rotatable bonds is 5. The lowest BCUT2D eigenvalue weighted by atomic mass is 10.0. The number of hydrogen-bond acceptors (Lipinski definition) is 4. The number of halogens is 3. The van der Waals surface area contributed by atoms with Crippen molar-refractivity contribution in [2.45, 2.75) is 37.8 Å². The number of hydrogen-bond donors (Lipinski definition) is 3. The van der Waals surface area contributed by atoms with Gasteiger partial charge in [0.15, 0.2) is 0 Å². The van der Waals surface area contributed by atoms with E-state index in [1.165, 1.54) is 5.32 Å². The first-order valence-corrected chi connectivity index (χ1v) is 4.37. The molecule has 0 saturated heterocycles. The standard InChI is InChI=1S/C8H12F3NO4/c1-4(14)6(15)5(2-3-13)12-7(16)8(9,10)11/h3-6,14-15H,2H2,1H3,(H,12,16)/t4-,5-,6+/m0/s1. The molecule has 0 heterocycles. The molecule has 3 N–H and O–H groups in total. The highest BCUT2D eigenvalue weighted by atomic mass is 19.4. The van der Waals surface area contributed by atoms with Crippen LogP contribution in [-0.2, 0) is 9.59 Å². The molecule has 3 atom stereocenters. The lowest BCUT2D eigenvalue weighted by molar-refractivity contribution is -0.175. The monoisotopic (exact) mass is 243 g/mol. The zero-order valence-corrected chi connectivity index (χ0v) is 8.36. The molecule has 0 aromatic heterocycles. The first-order chi connectivity index (χ1) is 7.20. The van der Waals surface area contributed by atoms with Gasteiger partial charge in [-0.2, -0.15) is 13.2 Å². The average Bonchev–Trinajstić information content (AvgIpc) is 2.14. The molecule has 16 heavy (non-hydrogen) atoms. The molecule has 0 spiro atoms. The first kappa shape index (κ1) is 14.8. The van der Waals surface area contributed by atoms with Gasteiger partial charge in [-0.15, -0.1) is 0 Å². The summed E-state index contributed by atoms with van der Waals surface area (Å²) in [5, 5.41) is 19.6. The molecule has 1 amide bonds. The summed E-state index contributed by atoms with van der Waals surface area (Å²) in [5.41, 5.74) is 0. The Morgan fingerprint density at radius 1 is 1.44 bits per heavy atom. The molecule has 0 aliphatic heterocycles. The van der Waals surface area contributed by atoms with E-state index in [4.69, 9.17) is 5.11 Å². The number of alkyl halides is 3. The van der Waals surface area contributed by atoms with Crippen LogP contribution in [0.2, 0.25) is 0 Å². The molecule has 0 radical (unpaired) electrons. The van der Waals surface area contributed by atoms with E-state index in [2.05, 4.69) is 0 Å². The minimum atomic E-state index is -5.10. The van der Waals surface area contributed by atoms with Crippen molar-refractivity contribution >= 4 is 12.2 Å². The summed E-state index contributed by atoms with van der Waals surface area (Å²) in [5.74, 6) is -2.26. The number of carbonyl (C=O) groups is 2. The van der Waals surface area contributed by atoms with E-state index >= 15 is 0 Å². The number of aldehydes is 1. The second kappa shape index (κ2) is 5.80. The van der Waals surface area contributed by atoms with Crippen molar-refractivity contribution in [1.82, 2.24) is 5.32 Å². The van der Waals surface area contributed by atoms with Crippen LogP contribution in [-0.4, -0.2) is 46.8 Å². The molecule has 0 aliphatic carbocycles. The van der Waals surface area contributed by atoms with Gasteiger partial charge >= 0.3 is 12.1 Å². The zero-order valence-electron chi connectivity index (χ0n) is 8.36. The first-order valence-electron chi connectivity index (χ1n) is 4.37. The van der Waals surface area contributed by atoms with E-state index in [0.29, 0.717) is 0 Å². The van der Waals surface area contributed by atoms with Crippen LogP contribution < -0.4 is 5.32 Å². The van der Waals surface area contributed by atoms with E-state index < -0.39 is 36.8 Å². The highest BCUT2D eigenvalue weighted by Gasteiger charge is 2.41. The molecule has 0 bridgehead atoms. The fourth-order valence-corrected chi connectivity index (χ4v) is 0.974. The summed E-state index contributed by atoms with van der Waals surface area (Å²) in [4.78, 5) is 20.7. The maximum atomic E-state index is 11.9. The Morgan fingerprint density at radius 2 is 1.94 bits per heavy atom.